The molecule has 0 aliphatic heterocycles. The highest BCUT2D eigenvalue weighted by atomic mass is 16.3. The average Bonchev–Trinajstić information content (AvgIpc) is 2.62. The normalized spacial score (nSPS) is 19.6. The van der Waals surface area contributed by atoms with Crippen LogP contribution in [0.3, 0.4) is 0 Å². The van der Waals surface area contributed by atoms with Gasteiger partial charge in [0.05, 0.1) is 0 Å². The number of phenols is 2. The predicted octanol–water partition coefficient (Wildman–Crippen LogP) is 6.29. The summed E-state index contributed by atoms with van der Waals surface area (Å²) in [7, 11) is 0. The highest BCUT2D eigenvalue weighted by Crippen LogP contribution is 2.46. The van der Waals surface area contributed by atoms with Gasteiger partial charge < -0.3 is 10.2 Å². The molecule has 2 aromatic carbocycles. The van der Waals surface area contributed by atoms with Crippen LogP contribution in [0.15, 0.2) is 66.3 Å². The van der Waals surface area contributed by atoms with Gasteiger partial charge in [0.15, 0.2) is 0 Å². The van der Waals surface area contributed by atoms with Crippen LogP contribution in [-0.2, 0) is 12.8 Å². The molecule has 1 aliphatic carbocycles. The molecule has 0 radical (unpaired) electrons. The molecule has 0 aromatic heterocycles. The molecule has 0 fully saturated rings. The number of aromatic hydroxyl groups is 2. The molecule has 3 rings (SSSR count). The Morgan fingerprint density at radius 3 is 2.30 bits per heavy atom. The van der Waals surface area contributed by atoms with Gasteiger partial charge in [-0.05, 0) is 75.1 Å². The molecule has 2 heteroatoms. The maximum atomic E-state index is 10.7. The first-order valence-corrected chi connectivity index (χ1v) is 9.87. The van der Waals surface area contributed by atoms with Gasteiger partial charge in [-0.3, -0.25) is 0 Å². The van der Waals surface area contributed by atoms with E-state index in [-0.39, 0.29) is 23.3 Å². The zero-order valence-electron chi connectivity index (χ0n) is 16.4. The van der Waals surface area contributed by atoms with Crippen molar-refractivity contribution in [2.75, 3.05) is 0 Å². The molecular weight excluding hydrogens is 332 g/mol. The lowest BCUT2D eigenvalue weighted by Gasteiger charge is -2.31. The Balaban J connectivity index is 1.78. The van der Waals surface area contributed by atoms with Crippen LogP contribution in [0.25, 0.3) is 0 Å². The number of allylic oxidation sites excluding steroid dienone is 3. The molecular formula is C25H30O2. The molecule has 2 atom stereocenters. The van der Waals surface area contributed by atoms with Gasteiger partial charge in [-0.25, -0.2) is 0 Å². The Morgan fingerprint density at radius 2 is 1.67 bits per heavy atom. The van der Waals surface area contributed by atoms with Crippen molar-refractivity contribution in [2.24, 2.45) is 5.92 Å². The van der Waals surface area contributed by atoms with Crippen molar-refractivity contribution in [1.82, 2.24) is 0 Å². The van der Waals surface area contributed by atoms with Crippen LogP contribution in [0.5, 0.6) is 11.5 Å². The van der Waals surface area contributed by atoms with Crippen LogP contribution in [-0.4, -0.2) is 10.2 Å². The fourth-order valence-electron chi connectivity index (χ4n) is 4.21. The van der Waals surface area contributed by atoms with Crippen LogP contribution < -0.4 is 0 Å². The summed E-state index contributed by atoms with van der Waals surface area (Å²) in [5.41, 5.74) is 5.36. The Morgan fingerprint density at radius 1 is 1.04 bits per heavy atom. The second kappa shape index (κ2) is 8.47. The van der Waals surface area contributed by atoms with Crippen molar-refractivity contribution in [3.05, 3.63) is 83.0 Å². The number of hydrogen-bond acceptors (Lipinski definition) is 2. The number of phenolic OH excluding ortho intramolecular Hbond substituents is 2. The Bertz CT molecular complexity index is 810. The topological polar surface area (TPSA) is 40.5 Å². The molecule has 1 unspecified atom stereocenters. The summed E-state index contributed by atoms with van der Waals surface area (Å²) >= 11 is 0. The third-order valence-electron chi connectivity index (χ3n) is 5.68. The van der Waals surface area contributed by atoms with E-state index in [4.69, 9.17) is 0 Å². The first-order valence-electron chi connectivity index (χ1n) is 9.87. The predicted molar refractivity (Wildman–Crippen MR) is 112 cm³/mol. The molecule has 2 N–H and O–H groups in total. The van der Waals surface area contributed by atoms with E-state index in [1.54, 1.807) is 0 Å². The zero-order chi connectivity index (χ0) is 19.4. The number of aryl methyl sites for hydroxylation is 2. The summed E-state index contributed by atoms with van der Waals surface area (Å²) in [5.74, 6) is 0.655. The van der Waals surface area contributed by atoms with E-state index in [0.29, 0.717) is 5.56 Å². The van der Waals surface area contributed by atoms with Crippen molar-refractivity contribution in [3.63, 3.8) is 0 Å². The van der Waals surface area contributed by atoms with E-state index in [1.165, 1.54) is 11.1 Å². The van der Waals surface area contributed by atoms with Gasteiger partial charge in [0.2, 0.25) is 0 Å². The third kappa shape index (κ3) is 4.63. The standard InChI is InChI=1S/C25H30O2/c1-17(2)21-13-12-18(3)14-22(21)25-23(26)15-20(16-24(25)27)11-7-10-19-8-5-4-6-9-19/h4-6,8-9,14-16,21-22,26-27H,1,7,10-13H2,2-3H3/t21?,22-/m1/s1. The van der Waals surface area contributed by atoms with Crippen LogP contribution in [0.2, 0.25) is 0 Å². The molecule has 2 aromatic rings. The molecule has 1 aliphatic rings. The van der Waals surface area contributed by atoms with Crippen molar-refractivity contribution < 1.29 is 10.2 Å². The number of benzene rings is 2. The second-order valence-electron chi connectivity index (χ2n) is 7.92. The lowest BCUT2D eigenvalue weighted by molar-refractivity contribution is 0.406. The molecule has 0 saturated heterocycles. The van der Waals surface area contributed by atoms with E-state index in [0.717, 1.165) is 43.2 Å². The largest absolute Gasteiger partial charge is 0.507 e. The summed E-state index contributed by atoms with van der Waals surface area (Å²) < 4.78 is 0. The van der Waals surface area contributed by atoms with Gasteiger partial charge in [-0.1, -0.05) is 54.1 Å². The van der Waals surface area contributed by atoms with E-state index in [2.05, 4.69) is 43.8 Å². The molecule has 142 valence electrons. The average molecular weight is 363 g/mol. The molecule has 0 amide bonds. The van der Waals surface area contributed by atoms with Gasteiger partial charge in [0.1, 0.15) is 11.5 Å². The summed E-state index contributed by atoms with van der Waals surface area (Å²) in [5, 5.41) is 21.4. The van der Waals surface area contributed by atoms with Gasteiger partial charge in [-0.2, -0.15) is 0 Å². The molecule has 0 heterocycles. The Kier molecular flexibility index (Phi) is 6.05. The summed E-state index contributed by atoms with van der Waals surface area (Å²) in [4.78, 5) is 0. The maximum absolute atomic E-state index is 10.7. The van der Waals surface area contributed by atoms with E-state index < -0.39 is 0 Å². The highest BCUT2D eigenvalue weighted by Gasteiger charge is 2.30. The van der Waals surface area contributed by atoms with Crippen LogP contribution in [0.1, 0.15) is 55.7 Å². The third-order valence-corrected chi connectivity index (χ3v) is 5.68. The smallest absolute Gasteiger partial charge is 0.123 e. The van der Waals surface area contributed by atoms with Crippen molar-refractivity contribution in [3.8, 4) is 11.5 Å². The minimum absolute atomic E-state index is 0.00498. The van der Waals surface area contributed by atoms with E-state index in [1.807, 2.05) is 25.1 Å². The number of hydrogen-bond donors (Lipinski definition) is 2. The summed E-state index contributed by atoms with van der Waals surface area (Å²) in [6.07, 6.45) is 7.06. The van der Waals surface area contributed by atoms with Crippen LogP contribution >= 0.6 is 0 Å². The van der Waals surface area contributed by atoms with Crippen molar-refractivity contribution >= 4 is 0 Å². The quantitative estimate of drug-likeness (QED) is 0.593. The van der Waals surface area contributed by atoms with Gasteiger partial charge >= 0.3 is 0 Å². The molecule has 2 nitrogen and oxygen atoms in total. The van der Waals surface area contributed by atoms with Crippen molar-refractivity contribution in [1.29, 1.82) is 0 Å². The molecule has 0 saturated carbocycles. The fraction of sp³-hybridized carbons (Fsp3) is 0.360. The lowest BCUT2D eigenvalue weighted by Crippen LogP contribution is -2.17. The monoisotopic (exact) mass is 362 g/mol. The first-order chi connectivity index (χ1) is 13.0. The zero-order valence-corrected chi connectivity index (χ0v) is 16.4. The van der Waals surface area contributed by atoms with E-state index in [9.17, 15) is 10.2 Å². The molecule has 0 bridgehead atoms. The Labute approximate surface area is 162 Å². The maximum Gasteiger partial charge on any atom is 0.123 e. The minimum atomic E-state index is -0.00498. The van der Waals surface area contributed by atoms with Crippen LogP contribution in [0, 0.1) is 5.92 Å². The first kappa shape index (κ1) is 19.3. The lowest BCUT2D eigenvalue weighted by atomic mass is 9.73. The molecule has 27 heavy (non-hydrogen) atoms. The summed E-state index contributed by atoms with van der Waals surface area (Å²) in [6, 6.07) is 14.1. The highest BCUT2D eigenvalue weighted by molar-refractivity contribution is 5.51. The van der Waals surface area contributed by atoms with Crippen molar-refractivity contribution in [2.45, 2.75) is 51.9 Å². The SMILES string of the molecule is C=C(C)C1CCC(C)=C[C@H]1c1c(O)cc(CCCc2ccccc2)cc1O. The fourth-order valence-corrected chi connectivity index (χ4v) is 4.21. The minimum Gasteiger partial charge on any atom is -0.507 e. The van der Waals surface area contributed by atoms with Crippen LogP contribution in [0.4, 0.5) is 0 Å². The Hall–Kier alpha value is -2.48. The number of rotatable bonds is 6. The second-order valence-corrected chi connectivity index (χ2v) is 7.92. The summed E-state index contributed by atoms with van der Waals surface area (Å²) in [6.45, 7) is 8.29. The van der Waals surface area contributed by atoms with Gasteiger partial charge in [0, 0.05) is 11.5 Å². The van der Waals surface area contributed by atoms with Gasteiger partial charge in [0.25, 0.3) is 0 Å². The van der Waals surface area contributed by atoms with E-state index >= 15 is 0 Å². The van der Waals surface area contributed by atoms with Gasteiger partial charge in [-0.15, -0.1) is 0 Å². The molecule has 0 spiro atoms.